The molecule has 0 bridgehead atoms. The van der Waals surface area contributed by atoms with Gasteiger partial charge in [-0.2, -0.15) is 0 Å². The quantitative estimate of drug-likeness (QED) is 0.453. The fourth-order valence-corrected chi connectivity index (χ4v) is 3.61. The minimum atomic E-state index is -0.946. The zero-order chi connectivity index (χ0) is 17.5. The number of nitrogens with one attached hydrogen (secondary N) is 1. The first-order valence-electron chi connectivity index (χ1n) is 7.45. The summed E-state index contributed by atoms with van der Waals surface area (Å²) in [4.78, 5) is 10.8. The van der Waals surface area contributed by atoms with E-state index in [1.165, 1.54) is 23.5 Å². The number of benzene rings is 2. The van der Waals surface area contributed by atoms with Crippen LogP contribution < -0.4 is 10.1 Å². The van der Waals surface area contributed by atoms with E-state index in [0.29, 0.717) is 12.4 Å². The molecule has 0 saturated carbocycles. The van der Waals surface area contributed by atoms with Crippen molar-refractivity contribution in [3.8, 4) is 5.75 Å². The molecular formula is C17H15N3O3S2. The number of aromatic nitrogens is 2. The number of carboxylic acids is 1. The summed E-state index contributed by atoms with van der Waals surface area (Å²) < 4.78 is 6.46. The molecule has 0 unspecified atom stereocenters. The van der Waals surface area contributed by atoms with Crippen LogP contribution in [0.25, 0.3) is 0 Å². The fourth-order valence-electron chi connectivity index (χ4n) is 1.95. The first-order chi connectivity index (χ1) is 12.2. The molecule has 0 radical (unpaired) electrons. The van der Waals surface area contributed by atoms with Crippen LogP contribution in [0, 0.1) is 0 Å². The largest absolute Gasteiger partial charge is 0.493 e. The highest BCUT2D eigenvalue weighted by atomic mass is 32.2. The number of carboxylic acid groups (broad SMARTS) is 1. The SMILES string of the molecule is O=C(O)c1ccc(OCCSc2nnc(Nc3ccccc3)s2)cc1. The number of thioether (sulfide) groups is 1. The third-order valence-corrected chi connectivity index (χ3v) is 5.05. The lowest BCUT2D eigenvalue weighted by Crippen LogP contribution is -2.01. The van der Waals surface area contributed by atoms with Gasteiger partial charge in [-0.15, -0.1) is 10.2 Å². The molecule has 8 heteroatoms. The van der Waals surface area contributed by atoms with E-state index in [4.69, 9.17) is 9.84 Å². The molecule has 0 aliphatic carbocycles. The Morgan fingerprint density at radius 1 is 1.12 bits per heavy atom. The number of para-hydroxylation sites is 1. The van der Waals surface area contributed by atoms with Crippen LogP contribution in [0.4, 0.5) is 10.8 Å². The number of rotatable bonds is 8. The molecule has 6 nitrogen and oxygen atoms in total. The zero-order valence-corrected chi connectivity index (χ0v) is 14.7. The van der Waals surface area contributed by atoms with Gasteiger partial charge in [-0.25, -0.2) is 4.79 Å². The van der Waals surface area contributed by atoms with Crippen molar-refractivity contribution in [2.45, 2.75) is 4.34 Å². The standard InChI is InChI=1S/C17H15N3O3S2/c21-15(22)12-6-8-14(9-7-12)23-10-11-24-17-20-19-16(25-17)18-13-4-2-1-3-5-13/h1-9H,10-11H2,(H,18,19)(H,21,22). The zero-order valence-electron chi connectivity index (χ0n) is 13.1. The molecule has 3 rings (SSSR count). The Labute approximate surface area is 152 Å². The Morgan fingerprint density at radius 3 is 2.60 bits per heavy atom. The van der Waals surface area contributed by atoms with Crippen LogP contribution in [0.5, 0.6) is 5.75 Å². The van der Waals surface area contributed by atoms with Crippen LogP contribution in [-0.2, 0) is 0 Å². The highest BCUT2D eigenvalue weighted by Crippen LogP contribution is 2.27. The van der Waals surface area contributed by atoms with Crippen LogP contribution >= 0.6 is 23.1 Å². The smallest absolute Gasteiger partial charge is 0.335 e. The van der Waals surface area contributed by atoms with Gasteiger partial charge in [0.25, 0.3) is 0 Å². The molecule has 1 aromatic heterocycles. The Hall–Kier alpha value is -2.58. The van der Waals surface area contributed by atoms with Crippen molar-refractivity contribution in [3.63, 3.8) is 0 Å². The van der Waals surface area contributed by atoms with Gasteiger partial charge in [0, 0.05) is 11.4 Å². The second-order valence-electron chi connectivity index (χ2n) is 4.89. The predicted octanol–water partition coefficient (Wildman–Crippen LogP) is 4.15. The van der Waals surface area contributed by atoms with Crippen molar-refractivity contribution < 1.29 is 14.6 Å². The first-order valence-corrected chi connectivity index (χ1v) is 9.25. The average molecular weight is 373 g/mol. The third kappa shape index (κ3) is 5.20. The summed E-state index contributed by atoms with van der Waals surface area (Å²) in [6.45, 7) is 0.498. The van der Waals surface area contributed by atoms with E-state index >= 15 is 0 Å². The van der Waals surface area contributed by atoms with Crippen LogP contribution in [0.3, 0.4) is 0 Å². The number of hydrogen-bond acceptors (Lipinski definition) is 7. The van der Waals surface area contributed by atoms with Gasteiger partial charge in [0.2, 0.25) is 5.13 Å². The molecule has 3 aromatic rings. The maximum absolute atomic E-state index is 10.8. The van der Waals surface area contributed by atoms with Crippen LogP contribution in [0.2, 0.25) is 0 Å². The number of carbonyl (C=O) groups is 1. The normalized spacial score (nSPS) is 10.4. The van der Waals surface area contributed by atoms with Crippen molar-refractivity contribution in [1.29, 1.82) is 0 Å². The van der Waals surface area contributed by atoms with Crippen molar-refractivity contribution in [2.24, 2.45) is 0 Å². The molecule has 0 aliphatic heterocycles. The fraction of sp³-hybridized carbons (Fsp3) is 0.118. The van der Waals surface area contributed by atoms with E-state index in [9.17, 15) is 4.79 Å². The predicted molar refractivity (Wildman–Crippen MR) is 99.3 cm³/mol. The van der Waals surface area contributed by atoms with Gasteiger partial charge in [0.1, 0.15) is 5.75 Å². The molecule has 2 aromatic carbocycles. The van der Waals surface area contributed by atoms with E-state index < -0.39 is 5.97 Å². The monoisotopic (exact) mass is 373 g/mol. The molecule has 2 N–H and O–H groups in total. The highest BCUT2D eigenvalue weighted by Gasteiger charge is 2.06. The molecule has 0 amide bonds. The Bertz CT molecular complexity index is 823. The molecule has 25 heavy (non-hydrogen) atoms. The van der Waals surface area contributed by atoms with E-state index in [0.717, 1.165) is 20.9 Å². The minimum Gasteiger partial charge on any atom is -0.493 e. The number of aromatic carboxylic acids is 1. The summed E-state index contributed by atoms with van der Waals surface area (Å²) in [6.07, 6.45) is 0. The van der Waals surface area contributed by atoms with E-state index in [2.05, 4.69) is 15.5 Å². The van der Waals surface area contributed by atoms with Crippen molar-refractivity contribution in [2.75, 3.05) is 17.7 Å². The summed E-state index contributed by atoms with van der Waals surface area (Å²) >= 11 is 3.05. The average Bonchev–Trinajstić information content (AvgIpc) is 3.07. The van der Waals surface area contributed by atoms with Gasteiger partial charge in [-0.05, 0) is 36.4 Å². The van der Waals surface area contributed by atoms with E-state index in [1.54, 1.807) is 23.9 Å². The molecule has 0 fully saturated rings. The highest BCUT2D eigenvalue weighted by molar-refractivity contribution is 8.01. The number of anilines is 2. The van der Waals surface area contributed by atoms with Gasteiger partial charge >= 0.3 is 5.97 Å². The number of ether oxygens (including phenoxy) is 1. The summed E-state index contributed by atoms with van der Waals surface area (Å²) in [5, 5.41) is 21.1. The topological polar surface area (TPSA) is 84.3 Å². The molecule has 128 valence electrons. The Balaban J connectivity index is 1.42. The van der Waals surface area contributed by atoms with Crippen molar-refractivity contribution in [3.05, 3.63) is 60.2 Å². The summed E-state index contributed by atoms with van der Waals surface area (Å²) in [6, 6.07) is 16.2. The lowest BCUT2D eigenvalue weighted by molar-refractivity contribution is 0.0697. The van der Waals surface area contributed by atoms with Crippen molar-refractivity contribution >= 4 is 39.9 Å². The van der Waals surface area contributed by atoms with E-state index in [-0.39, 0.29) is 5.56 Å². The van der Waals surface area contributed by atoms with E-state index in [1.807, 2.05) is 30.3 Å². The van der Waals surface area contributed by atoms with Gasteiger partial charge in [0.15, 0.2) is 4.34 Å². The molecular weight excluding hydrogens is 358 g/mol. The van der Waals surface area contributed by atoms with Crippen LogP contribution in [0.1, 0.15) is 10.4 Å². The van der Waals surface area contributed by atoms with Gasteiger partial charge in [0.05, 0.1) is 12.2 Å². The summed E-state index contributed by atoms with van der Waals surface area (Å²) in [5.74, 6) is 0.424. The van der Waals surface area contributed by atoms with Gasteiger partial charge in [-0.3, -0.25) is 0 Å². The number of nitrogens with zero attached hydrogens (tertiary/aromatic N) is 2. The van der Waals surface area contributed by atoms with Crippen molar-refractivity contribution in [1.82, 2.24) is 10.2 Å². The minimum absolute atomic E-state index is 0.244. The van der Waals surface area contributed by atoms with Gasteiger partial charge < -0.3 is 15.2 Å². The third-order valence-electron chi connectivity index (χ3n) is 3.11. The lowest BCUT2D eigenvalue weighted by Gasteiger charge is -2.05. The second kappa shape index (κ2) is 8.50. The van der Waals surface area contributed by atoms with Gasteiger partial charge in [-0.1, -0.05) is 41.3 Å². The maximum Gasteiger partial charge on any atom is 0.335 e. The molecule has 0 spiro atoms. The number of hydrogen-bond donors (Lipinski definition) is 2. The van der Waals surface area contributed by atoms with Crippen LogP contribution in [-0.4, -0.2) is 33.6 Å². The first kappa shape index (κ1) is 17.2. The summed E-state index contributed by atoms with van der Waals surface area (Å²) in [7, 11) is 0. The Kier molecular flexibility index (Phi) is 5.86. The molecule has 0 aliphatic rings. The second-order valence-corrected chi connectivity index (χ2v) is 7.21. The molecule has 0 saturated heterocycles. The van der Waals surface area contributed by atoms with Crippen LogP contribution in [0.15, 0.2) is 58.9 Å². The maximum atomic E-state index is 10.8. The molecule has 0 atom stereocenters. The Morgan fingerprint density at radius 2 is 1.88 bits per heavy atom. The molecule has 1 heterocycles. The lowest BCUT2D eigenvalue weighted by atomic mass is 10.2. The summed E-state index contributed by atoms with van der Waals surface area (Å²) in [5.41, 5.74) is 1.22.